The van der Waals surface area contributed by atoms with E-state index in [1.165, 1.54) is 0 Å². The number of alkyl halides is 1. The number of allylic oxidation sites excluding steroid dienone is 1. The molecule has 0 aliphatic carbocycles. The van der Waals surface area contributed by atoms with Gasteiger partial charge >= 0.3 is 12.0 Å². The Morgan fingerprint density at radius 3 is 2.59 bits per heavy atom. The van der Waals surface area contributed by atoms with Crippen molar-refractivity contribution in [1.82, 2.24) is 10.6 Å². The van der Waals surface area contributed by atoms with Crippen LogP contribution in [0.5, 0.6) is 0 Å². The number of rotatable bonds is 5. The van der Waals surface area contributed by atoms with Crippen LogP contribution in [0.25, 0.3) is 0 Å². The molecule has 1 unspecified atom stereocenters. The zero-order chi connectivity index (χ0) is 16.1. The van der Waals surface area contributed by atoms with Gasteiger partial charge in [-0.2, -0.15) is 0 Å². The Morgan fingerprint density at radius 1 is 1.36 bits per heavy atom. The number of thioether (sulfide) groups is 1. The molecule has 22 heavy (non-hydrogen) atoms. The van der Waals surface area contributed by atoms with Gasteiger partial charge in [-0.3, -0.25) is 0 Å². The zero-order valence-electron chi connectivity index (χ0n) is 12.3. The number of benzene rings is 1. The van der Waals surface area contributed by atoms with Crippen molar-refractivity contribution in [2.75, 3.05) is 18.7 Å². The predicted octanol–water partition coefficient (Wildman–Crippen LogP) is 2.82. The molecule has 118 valence electrons. The molecule has 1 atom stereocenters. The number of amides is 2. The standard InChI is InChI=1S/C15H17ClN2O3S/c1-3-21-14(19)12-11(8-16)17-15(20)18-13(12)9-4-6-10(22-2)7-5-9/h4-7,13H,3,8H2,1-2H3,(H2,17,18,20). The van der Waals surface area contributed by atoms with Crippen LogP contribution in [0.1, 0.15) is 18.5 Å². The molecule has 1 aromatic rings. The van der Waals surface area contributed by atoms with E-state index in [0.29, 0.717) is 11.3 Å². The molecule has 0 radical (unpaired) electrons. The first-order chi connectivity index (χ1) is 10.6. The number of urea groups is 1. The van der Waals surface area contributed by atoms with Crippen molar-refractivity contribution < 1.29 is 14.3 Å². The van der Waals surface area contributed by atoms with Gasteiger partial charge in [0.15, 0.2) is 0 Å². The van der Waals surface area contributed by atoms with E-state index in [9.17, 15) is 9.59 Å². The van der Waals surface area contributed by atoms with Gasteiger partial charge in [-0.15, -0.1) is 23.4 Å². The third kappa shape index (κ3) is 3.56. The molecule has 2 rings (SSSR count). The number of nitrogens with one attached hydrogen (secondary N) is 2. The second-order valence-electron chi connectivity index (χ2n) is 4.55. The lowest BCUT2D eigenvalue weighted by Gasteiger charge is -2.28. The minimum absolute atomic E-state index is 0.0287. The summed E-state index contributed by atoms with van der Waals surface area (Å²) in [7, 11) is 0. The number of hydrogen-bond acceptors (Lipinski definition) is 4. The molecule has 0 fully saturated rings. The molecule has 0 saturated carbocycles. The fraction of sp³-hybridized carbons (Fsp3) is 0.333. The number of esters is 1. The van der Waals surface area contributed by atoms with Crippen molar-refractivity contribution in [2.24, 2.45) is 0 Å². The molecule has 5 nitrogen and oxygen atoms in total. The van der Waals surface area contributed by atoms with E-state index in [1.54, 1.807) is 18.7 Å². The minimum atomic E-state index is -0.572. The second-order valence-corrected chi connectivity index (χ2v) is 5.70. The Morgan fingerprint density at radius 2 is 2.05 bits per heavy atom. The number of carbonyl (C=O) groups is 2. The summed E-state index contributed by atoms with van der Waals surface area (Å²) < 4.78 is 5.09. The maximum Gasteiger partial charge on any atom is 0.338 e. The lowest BCUT2D eigenvalue weighted by molar-refractivity contribution is -0.139. The number of hydrogen-bond donors (Lipinski definition) is 2. The summed E-state index contributed by atoms with van der Waals surface area (Å²) in [6.45, 7) is 1.99. The van der Waals surface area contributed by atoms with Gasteiger partial charge in [0.1, 0.15) is 0 Å². The van der Waals surface area contributed by atoms with Gasteiger partial charge in [0.25, 0.3) is 0 Å². The van der Waals surface area contributed by atoms with Crippen molar-refractivity contribution >= 4 is 35.4 Å². The largest absolute Gasteiger partial charge is 0.463 e. The van der Waals surface area contributed by atoms with Crippen molar-refractivity contribution in [3.05, 3.63) is 41.1 Å². The summed E-state index contributed by atoms with van der Waals surface area (Å²) in [5, 5.41) is 5.32. The van der Waals surface area contributed by atoms with Gasteiger partial charge in [-0.25, -0.2) is 9.59 Å². The molecule has 1 heterocycles. The van der Waals surface area contributed by atoms with Crippen LogP contribution in [0, 0.1) is 0 Å². The first-order valence-electron chi connectivity index (χ1n) is 6.78. The third-order valence-corrected chi connectivity index (χ3v) is 4.24. The van der Waals surface area contributed by atoms with Crippen molar-refractivity contribution in [3.8, 4) is 0 Å². The molecule has 2 amide bonds. The maximum atomic E-state index is 12.2. The molecule has 0 spiro atoms. The fourth-order valence-electron chi connectivity index (χ4n) is 2.22. The molecule has 1 aliphatic heterocycles. The quantitative estimate of drug-likeness (QED) is 0.491. The molecule has 0 aromatic heterocycles. The number of ether oxygens (including phenoxy) is 1. The average Bonchev–Trinajstić information content (AvgIpc) is 2.54. The minimum Gasteiger partial charge on any atom is -0.463 e. The Hall–Kier alpha value is -1.66. The summed E-state index contributed by atoms with van der Waals surface area (Å²) >= 11 is 7.49. The lowest BCUT2D eigenvalue weighted by atomic mass is 9.95. The van der Waals surface area contributed by atoms with Crippen LogP contribution in [-0.4, -0.2) is 30.7 Å². The van der Waals surface area contributed by atoms with Crippen LogP contribution in [0.15, 0.2) is 40.4 Å². The fourth-order valence-corrected chi connectivity index (χ4v) is 2.84. The summed E-state index contributed by atoms with van der Waals surface area (Å²) in [5.74, 6) is -0.453. The van der Waals surface area contributed by atoms with E-state index in [-0.39, 0.29) is 18.5 Å². The van der Waals surface area contributed by atoms with E-state index in [1.807, 2.05) is 30.5 Å². The monoisotopic (exact) mass is 340 g/mol. The zero-order valence-corrected chi connectivity index (χ0v) is 13.9. The highest BCUT2D eigenvalue weighted by Gasteiger charge is 2.33. The van der Waals surface area contributed by atoms with Crippen molar-refractivity contribution in [1.29, 1.82) is 0 Å². The lowest BCUT2D eigenvalue weighted by Crippen LogP contribution is -2.46. The van der Waals surface area contributed by atoms with Crippen molar-refractivity contribution in [2.45, 2.75) is 17.9 Å². The molecular formula is C15H17ClN2O3S. The van der Waals surface area contributed by atoms with Crippen LogP contribution < -0.4 is 10.6 Å². The van der Waals surface area contributed by atoms with E-state index in [4.69, 9.17) is 16.3 Å². The van der Waals surface area contributed by atoms with E-state index in [2.05, 4.69) is 10.6 Å². The Labute approximate surface area is 138 Å². The molecule has 0 bridgehead atoms. The summed E-state index contributed by atoms with van der Waals surface area (Å²) in [6.07, 6.45) is 1.98. The smallest absolute Gasteiger partial charge is 0.338 e. The van der Waals surface area contributed by atoms with Gasteiger partial charge in [0.05, 0.1) is 24.1 Å². The Kier molecular flexibility index (Phi) is 5.74. The Bertz CT molecular complexity index is 601. The van der Waals surface area contributed by atoms with Gasteiger partial charge in [0, 0.05) is 10.6 Å². The molecule has 0 saturated heterocycles. The first-order valence-corrected chi connectivity index (χ1v) is 8.54. The maximum absolute atomic E-state index is 12.2. The van der Waals surface area contributed by atoms with E-state index >= 15 is 0 Å². The van der Waals surface area contributed by atoms with Gasteiger partial charge < -0.3 is 15.4 Å². The molecular weight excluding hydrogens is 324 g/mol. The highest BCUT2D eigenvalue weighted by atomic mass is 35.5. The van der Waals surface area contributed by atoms with E-state index in [0.717, 1.165) is 10.5 Å². The highest BCUT2D eigenvalue weighted by Crippen LogP contribution is 2.29. The second kappa shape index (κ2) is 7.56. The predicted molar refractivity (Wildman–Crippen MR) is 87.0 cm³/mol. The van der Waals surface area contributed by atoms with Crippen LogP contribution in [0.2, 0.25) is 0 Å². The van der Waals surface area contributed by atoms with E-state index < -0.39 is 12.0 Å². The normalized spacial score (nSPS) is 17.8. The SMILES string of the molecule is CCOC(=O)C1=C(CCl)NC(=O)NC1c1ccc(SC)cc1. The van der Waals surface area contributed by atoms with Gasteiger partial charge in [-0.05, 0) is 30.9 Å². The molecule has 2 N–H and O–H groups in total. The molecule has 1 aromatic carbocycles. The summed E-state index contributed by atoms with van der Waals surface area (Å²) in [4.78, 5) is 25.1. The summed E-state index contributed by atoms with van der Waals surface area (Å²) in [5.41, 5.74) is 1.52. The van der Waals surface area contributed by atoms with Crippen LogP contribution in [-0.2, 0) is 9.53 Å². The van der Waals surface area contributed by atoms with Crippen LogP contribution in [0.4, 0.5) is 4.79 Å². The molecule has 7 heteroatoms. The highest BCUT2D eigenvalue weighted by molar-refractivity contribution is 7.98. The van der Waals surface area contributed by atoms with Gasteiger partial charge in [-0.1, -0.05) is 12.1 Å². The molecule has 1 aliphatic rings. The number of halogens is 1. The summed E-state index contributed by atoms with van der Waals surface area (Å²) in [6, 6.07) is 6.69. The first kappa shape index (κ1) is 16.7. The van der Waals surface area contributed by atoms with Crippen molar-refractivity contribution in [3.63, 3.8) is 0 Å². The number of carbonyl (C=O) groups excluding carboxylic acids is 2. The van der Waals surface area contributed by atoms with Crippen LogP contribution in [0.3, 0.4) is 0 Å². The van der Waals surface area contributed by atoms with Gasteiger partial charge in [0.2, 0.25) is 0 Å². The van der Waals surface area contributed by atoms with Crippen LogP contribution >= 0.6 is 23.4 Å². The Balaban J connectivity index is 2.44. The topological polar surface area (TPSA) is 67.4 Å². The average molecular weight is 341 g/mol. The third-order valence-electron chi connectivity index (χ3n) is 3.23.